The molecule has 0 saturated heterocycles. The van der Waals surface area contributed by atoms with E-state index in [1.165, 1.54) is 24.7 Å². The second kappa shape index (κ2) is 4.74. The third-order valence-electron chi connectivity index (χ3n) is 2.99. The molecular weight excluding hydrogens is 268 g/mol. The Hall–Kier alpha value is -1.33. The summed E-state index contributed by atoms with van der Waals surface area (Å²) in [7, 11) is 0. The van der Waals surface area contributed by atoms with Crippen LogP contribution in [0, 0.1) is 0 Å². The van der Waals surface area contributed by atoms with Crippen LogP contribution in [-0.4, -0.2) is 16.0 Å². The van der Waals surface area contributed by atoms with E-state index in [-0.39, 0.29) is 0 Å². The van der Waals surface area contributed by atoms with Crippen molar-refractivity contribution in [3.8, 4) is 0 Å². The number of thiophene rings is 1. The molecule has 0 radical (unpaired) electrons. The molecule has 4 nitrogen and oxygen atoms in total. The number of aromatic nitrogens is 2. The van der Waals surface area contributed by atoms with Gasteiger partial charge in [0.25, 0.3) is 0 Å². The molecule has 1 aliphatic carbocycles. The summed E-state index contributed by atoms with van der Waals surface area (Å²) in [6.45, 7) is 0.824. The number of halogens is 1. The molecule has 0 atom stereocenters. The van der Waals surface area contributed by atoms with E-state index in [0.717, 1.165) is 12.4 Å². The monoisotopic (exact) mass is 280 g/mol. The fourth-order valence-corrected chi connectivity index (χ4v) is 2.78. The molecule has 0 spiro atoms. The summed E-state index contributed by atoms with van der Waals surface area (Å²) in [4.78, 5) is 10.4. The number of nitrogen functional groups attached to an aromatic ring is 1. The van der Waals surface area contributed by atoms with Crippen LogP contribution < -0.4 is 10.6 Å². The quantitative estimate of drug-likeness (QED) is 0.935. The van der Waals surface area contributed by atoms with Crippen LogP contribution in [0.25, 0.3) is 0 Å². The summed E-state index contributed by atoms with van der Waals surface area (Å²) >= 11 is 7.91. The van der Waals surface area contributed by atoms with Gasteiger partial charge in [0.2, 0.25) is 0 Å². The zero-order valence-electron chi connectivity index (χ0n) is 9.71. The first-order valence-electron chi connectivity index (χ1n) is 5.79. The minimum atomic E-state index is 0.345. The lowest BCUT2D eigenvalue weighted by Crippen LogP contribution is -2.26. The van der Waals surface area contributed by atoms with Gasteiger partial charge in [-0.3, -0.25) is 0 Å². The number of nitrogens with zero attached hydrogens (tertiary/aromatic N) is 3. The SMILES string of the molecule is Nc1ncnc(N(Cc2ccsc2)C2CC2)c1Cl. The van der Waals surface area contributed by atoms with Crippen molar-refractivity contribution >= 4 is 34.6 Å². The van der Waals surface area contributed by atoms with Crippen molar-refractivity contribution in [3.63, 3.8) is 0 Å². The Morgan fingerprint density at radius 1 is 1.44 bits per heavy atom. The molecule has 94 valence electrons. The van der Waals surface area contributed by atoms with Gasteiger partial charge < -0.3 is 10.6 Å². The predicted molar refractivity (Wildman–Crippen MR) is 75.0 cm³/mol. The van der Waals surface area contributed by atoms with Crippen LogP contribution >= 0.6 is 22.9 Å². The first-order chi connectivity index (χ1) is 8.75. The van der Waals surface area contributed by atoms with Crippen LogP contribution in [0.1, 0.15) is 18.4 Å². The van der Waals surface area contributed by atoms with Crippen molar-refractivity contribution < 1.29 is 0 Å². The second-order valence-electron chi connectivity index (χ2n) is 4.39. The highest BCUT2D eigenvalue weighted by atomic mass is 35.5. The summed E-state index contributed by atoms with van der Waals surface area (Å²) < 4.78 is 0. The van der Waals surface area contributed by atoms with Gasteiger partial charge in [0.1, 0.15) is 17.2 Å². The minimum absolute atomic E-state index is 0.345. The summed E-state index contributed by atoms with van der Waals surface area (Å²) in [6, 6.07) is 2.65. The average molecular weight is 281 g/mol. The molecule has 1 saturated carbocycles. The van der Waals surface area contributed by atoms with Gasteiger partial charge in [0, 0.05) is 12.6 Å². The van der Waals surface area contributed by atoms with E-state index in [1.807, 2.05) is 0 Å². The number of rotatable bonds is 4. The molecule has 18 heavy (non-hydrogen) atoms. The van der Waals surface area contributed by atoms with E-state index < -0.39 is 0 Å². The smallest absolute Gasteiger partial charge is 0.153 e. The maximum atomic E-state index is 6.21. The molecule has 2 heterocycles. The van der Waals surface area contributed by atoms with Gasteiger partial charge in [-0.15, -0.1) is 0 Å². The summed E-state index contributed by atoms with van der Waals surface area (Å²) in [5.74, 6) is 1.09. The van der Waals surface area contributed by atoms with Crippen LogP contribution in [-0.2, 0) is 6.54 Å². The van der Waals surface area contributed by atoms with Crippen LogP contribution in [0.15, 0.2) is 23.2 Å². The van der Waals surface area contributed by atoms with E-state index in [2.05, 4.69) is 31.7 Å². The van der Waals surface area contributed by atoms with E-state index in [0.29, 0.717) is 16.9 Å². The van der Waals surface area contributed by atoms with Gasteiger partial charge in [-0.05, 0) is 35.2 Å². The Bertz CT molecular complexity index is 539. The maximum absolute atomic E-state index is 6.21. The molecule has 2 N–H and O–H groups in total. The minimum Gasteiger partial charge on any atom is -0.382 e. The maximum Gasteiger partial charge on any atom is 0.153 e. The standard InChI is InChI=1S/C12H13ClN4S/c13-10-11(14)15-7-16-12(10)17(9-1-2-9)5-8-3-4-18-6-8/h3-4,6-7,9H,1-2,5H2,(H2,14,15,16). The van der Waals surface area contributed by atoms with Crippen molar-refractivity contribution in [2.45, 2.75) is 25.4 Å². The molecule has 2 aromatic rings. The topological polar surface area (TPSA) is 55.0 Å². The highest BCUT2D eigenvalue weighted by Crippen LogP contribution is 2.36. The molecule has 0 aromatic carbocycles. The second-order valence-corrected chi connectivity index (χ2v) is 5.55. The van der Waals surface area contributed by atoms with Crippen molar-refractivity contribution in [3.05, 3.63) is 33.7 Å². The molecule has 1 fully saturated rings. The first-order valence-corrected chi connectivity index (χ1v) is 7.11. The predicted octanol–water partition coefficient (Wildman–Crippen LogP) is 2.94. The number of hydrogen-bond acceptors (Lipinski definition) is 5. The van der Waals surface area contributed by atoms with Crippen molar-refractivity contribution in [2.75, 3.05) is 10.6 Å². The molecule has 2 aromatic heterocycles. The normalized spacial score (nSPS) is 14.7. The lowest BCUT2D eigenvalue weighted by atomic mass is 10.3. The molecule has 0 unspecified atom stereocenters. The Balaban J connectivity index is 1.91. The van der Waals surface area contributed by atoms with Crippen LogP contribution in [0.5, 0.6) is 0 Å². The van der Waals surface area contributed by atoms with Crippen molar-refractivity contribution in [2.24, 2.45) is 0 Å². The molecule has 0 amide bonds. The molecule has 3 rings (SSSR count). The van der Waals surface area contributed by atoms with Gasteiger partial charge in [-0.25, -0.2) is 9.97 Å². The van der Waals surface area contributed by atoms with E-state index in [4.69, 9.17) is 17.3 Å². The Kier molecular flexibility index (Phi) is 3.09. The fourth-order valence-electron chi connectivity index (χ4n) is 1.92. The third-order valence-corrected chi connectivity index (χ3v) is 4.09. The van der Waals surface area contributed by atoms with Crippen LogP contribution in [0.2, 0.25) is 5.02 Å². The van der Waals surface area contributed by atoms with E-state index in [1.54, 1.807) is 11.3 Å². The van der Waals surface area contributed by atoms with Gasteiger partial charge in [-0.1, -0.05) is 11.6 Å². The van der Waals surface area contributed by atoms with Crippen molar-refractivity contribution in [1.82, 2.24) is 9.97 Å². The third kappa shape index (κ3) is 2.28. The highest BCUT2D eigenvalue weighted by Gasteiger charge is 2.31. The van der Waals surface area contributed by atoms with Gasteiger partial charge in [0.15, 0.2) is 5.82 Å². The summed E-state index contributed by atoms with van der Waals surface area (Å²) in [6.07, 6.45) is 3.84. The lowest BCUT2D eigenvalue weighted by molar-refractivity contribution is 0.778. The number of anilines is 2. The van der Waals surface area contributed by atoms with Crippen LogP contribution in [0.4, 0.5) is 11.6 Å². The number of nitrogens with two attached hydrogens (primary N) is 1. The summed E-state index contributed by atoms with van der Waals surface area (Å²) in [5, 5.41) is 4.68. The van der Waals surface area contributed by atoms with Gasteiger partial charge in [-0.2, -0.15) is 11.3 Å². The largest absolute Gasteiger partial charge is 0.382 e. The first kappa shape index (κ1) is 11.7. The number of hydrogen-bond donors (Lipinski definition) is 1. The van der Waals surface area contributed by atoms with E-state index in [9.17, 15) is 0 Å². The highest BCUT2D eigenvalue weighted by molar-refractivity contribution is 7.07. The Morgan fingerprint density at radius 3 is 2.94 bits per heavy atom. The molecule has 6 heteroatoms. The zero-order chi connectivity index (χ0) is 12.5. The molecule has 0 aliphatic heterocycles. The van der Waals surface area contributed by atoms with Crippen LogP contribution in [0.3, 0.4) is 0 Å². The molecule has 1 aliphatic rings. The van der Waals surface area contributed by atoms with E-state index >= 15 is 0 Å². The van der Waals surface area contributed by atoms with Crippen molar-refractivity contribution in [1.29, 1.82) is 0 Å². The molecule has 0 bridgehead atoms. The van der Waals surface area contributed by atoms with Gasteiger partial charge in [0.05, 0.1) is 0 Å². The molecular formula is C12H13ClN4S. The van der Waals surface area contributed by atoms with Gasteiger partial charge >= 0.3 is 0 Å². The zero-order valence-corrected chi connectivity index (χ0v) is 11.3. The summed E-state index contributed by atoms with van der Waals surface area (Å²) in [5.41, 5.74) is 7.02. The Labute approximate surface area is 114 Å². The Morgan fingerprint density at radius 2 is 2.28 bits per heavy atom. The lowest BCUT2D eigenvalue weighted by Gasteiger charge is -2.24. The average Bonchev–Trinajstić information content (AvgIpc) is 3.08. The fraction of sp³-hybridized carbons (Fsp3) is 0.333.